The second kappa shape index (κ2) is 4.91. The first-order valence-electron chi connectivity index (χ1n) is 4.65. The van der Waals surface area contributed by atoms with Crippen molar-refractivity contribution in [2.45, 2.75) is 6.04 Å². The number of rotatable bonds is 2. The summed E-state index contributed by atoms with van der Waals surface area (Å²) in [6, 6.07) is 5.28. The van der Waals surface area contributed by atoms with Gasteiger partial charge in [0.05, 0.1) is 23.0 Å². The van der Waals surface area contributed by atoms with Gasteiger partial charge in [0, 0.05) is 16.9 Å². The van der Waals surface area contributed by atoms with E-state index in [0.717, 1.165) is 10.0 Å². The smallest absolute Gasteiger partial charge is 0.0799 e. The van der Waals surface area contributed by atoms with E-state index < -0.39 is 0 Å². The summed E-state index contributed by atoms with van der Waals surface area (Å²) in [6.07, 6.45) is 4.86. The quantitative estimate of drug-likeness (QED) is 0.927. The lowest BCUT2D eigenvalue weighted by molar-refractivity contribution is 0.817. The van der Waals surface area contributed by atoms with Crippen molar-refractivity contribution in [3.63, 3.8) is 0 Å². The Balaban J connectivity index is 2.42. The lowest BCUT2D eigenvalue weighted by atomic mass is 10.1. The summed E-state index contributed by atoms with van der Waals surface area (Å²) in [5.41, 5.74) is 7.61. The zero-order valence-electron chi connectivity index (χ0n) is 8.27. The lowest BCUT2D eigenvalue weighted by Crippen LogP contribution is -2.14. The molecule has 1 heterocycles. The van der Waals surface area contributed by atoms with E-state index in [-0.39, 0.29) is 6.04 Å². The zero-order valence-corrected chi connectivity index (χ0v) is 10.6. The predicted octanol–water partition coefficient (Wildman–Crippen LogP) is 2.94. The third kappa shape index (κ3) is 2.24. The highest BCUT2D eigenvalue weighted by Crippen LogP contribution is 2.31. The molecule has 82 valence electrons. The number of nitrogens with zero attached hydrogens (tertiary/aromatic N) is 2. The second-order valence-corrected chi connectivity index (χ2v) is 4.48. The fraction of sp³-hybridized carbons (Fsp3) is 0.0909. The van der Waals surface area contributed by atoms with Gasteiger partial charge < -0.3 is 5.73 Å². The second-order valence-electron chi connectivity index (χ2n) is 3.25. The van der Waals surface area contributed by atoms with Gasteiger partial charge in [0.2, 0.25) is 0 Å². The highest BCUT2D eigenvalue weighted by molar-refractivity contribution is 9.10. The third-order valence-corrected chi connectivity index (χ3v) is 3.53. The van der Waals surface area contributed by atoms with Crippen molar-refractivity contribution in [3.05, 3.63) is 57.5 Å². The van der Waals surface area contributed by atoms with Crippen LogP contribution in [0.3, 0.4) is 0 Å². The highest BCUT2D eigenvalue weighted by atomic mass is 79.9. The van der Waals surface area contributed by atoms with E-state index in [0.29, 0.717) is 10.7 Å². The molecule has 0 radical (unpaired) electrons. The Kier molecular flexibility index (Phi) is 3.53. The van der Waals surface area contributed by atoms with E-state index >= 15 is 0 Å². The number of aromatic nitrogens is 2. The van der Waals surface area contributed by atoms with Gasteiger partial charge >= 0.3 is 0 Å². The van der Waals surface area contributed by atoms with Crippen molar-refractivity contribution in [1.82, 2.24) is 9.97 Å². The van der Waals surface area contributed by atoms with Crippen LogP contribution >= 0.6 is 27.5 Å². The first-order chi connectivity index (χ1) is 7.70. The summed E-state index contributed by atoms with van der Waals surface area (Å²) in [4.78, 5) is 8.15. The number of nitrogens with two attached hydrogens (primary N) is 1. The van der Waals surface area contributed by atoms with Crippen LogP contribution in [-0.2, 0) is 0 Å². The number of hydrogen-bond donors (Lipinski definition) is 1. The SMILES string of the molecule is NC(c1cnccn1)c1cccc(Br)c1Cl. The number of halogens is 2. The van der Waals surface area contributed by atoms with Gasteiger partial charge in [0.15, 0.2) is 0 Å². The first-order valence-corrected chi connectivity index (χ1v) is 5.82. The molecule has 2 aromatic rings. The fourth-order valence-electron chi connectivity index (χ4n) is 1.39. The maximum absolute atomic E-state index is 6.16. The normalized spacial score (nSPS) is 12.4. The minimum atomic E-state index is -0.362. The topological polar surface area (TPSA) is 51.8 Å². The Labute approximate surface area is 107 Å². The van der Waals surface area contributed by atoms with Crippen LogP contribution in [0.15, 0.2) is 41.3 Å². The molecule has 0 bridgehead atoms. The summed E-state index contributed by atoms with van der Waals surface area (Å²) in [6.45, 7) is 0. The van der Waals surface area contributed by atoms with E-state index in [9.17, 15) is 0 Å². The largest absolute Gasteiger partial charge is 0.319 e. The van der Waals surface area contributed by atoms with Crippen LogP contribution in [0.2, 0.25) is 5.02 Å². The third-order valence-electron chi connectivity index (χ3n) is 2.22. The van der Waals surface area contributed by atoms with E-state index in [1.807, 2.05) is 18.2 Å². The fourth-order valence-corrected chi connectivity index (χ4v) is 2.02. The van der Waals surface area contributed by atoms with Gasteiger partial charge in [-0.15, -0.1) is 0 Å². The number of benzene rings is 1. The molecule has 0 saturated carbocycles. The molecule has 2 N–H and O–H groups in total. The maximum atomic E-state index is 6.16. The Hall–Kier alpha value is -0.970. The summed E-state index contributed by atoms with van der Waals surface area (Å²) in [5, 5.41) is 0.612. The van der Waals surface area contributed by atoms with Crippen molar-refractivity contribution in [1.29, 1.82) is 0 Å². The van der Waals surface area contributed by atoms with Crippen LogP contribution in [-0.4, -0.2) is 9.97 Å². The average Bonchev–Trinajstić information content (AvgIpc) is 2.33. The van der Waals surface area contributed by atoms with Crippen molar-refractivity contribution in [2.75, 3.05) is 0 Å². The number of hydrogen-bond acceptors (Lipinski definition) is 3. The van der Waals surface area contributed by atoms with E-state index in [1.54, 1.807) is 18.6 Å². The average molecular weight is 299 g/mol. The molecule has 5 heteroatoms. The van der Waals surface area contributed by atoms with Crippen LogP contribution in [0, 0.1) is 0 Å². The molecular weight excluding hydrogens is 289 g/mol. The van der Waals surface area contributed by atoms with Crippen LogP contribution in [0.25, 0.3) is 0 Å². The zero-order chi connectivity index (χ0) is 11.5. The van der Waals surface area contributed by atoms with Gasteiger partial charge in [-0.25, -0.2) is 0 Å². The molecule has 3 nitrogen and oxygen atoms in total. The van der Waals surface area contributed by atoms with Gasteiger partial charge in [-0.1, -0.05) is 23.7 Å². The van der Waals surface area contributed by atoms with Crippen molar-refractivity contribution >= 4 is 27.5 Å². The van der Waals surface area contributed by atoms with Crippen molar-refractivity contribution in [3.8, 4) is 0 Å². The lowest BCUT2D eigenvalue weighted by Gasteiger charge is -2.13. The molecule has 0 fully saturated rings. The highest BCUT2D eigenvalue weighted by Gasteiger charge is 2.14. The van der Waals surface area contributed by atoms with E-state index in [2.05, 4.69) is 25.9 Å². The van der Waals surface area contributed by atoms with Gasteiger partial charge in [-0.2, -0.15) is 0 Å². The van der Waals surface area contributed by atoms with Crippen LogP contribution in [0.5, 0.6) is 0 Å². The van der Waals surface area contributed by atoms with E-state index in [1.165, 1.54) is 0 Å². The molecule has 0 aliphatic carbocycles. The molecule has 0 aliphatic rings. The molecule has 1 unspecified atom stereocenters. The Morgan fingerprint density at radius 3 is 2.81 bits per heavy atom. The summed E-state index contributed by atoms with van der Waals surface area (Å²) >= 11 is 9.53. The Morgan fingerprint density at radius 1 is 1.31 bits per heavy atom. The maximum Gasteiger partial charge on any atom is 0.0799 e. The van der Waals surface area contributed by atoms with Crippen LogP contribution in [0.1, 0.15) is 17.3 Å². The molecular formula is C11H9BrClN3. The predicted molar refractivity (Wildman–Crippen MR) is 67.2 cm³/mol. The minimum absolute atomic E-state index is 0.362. The molecule has 1 aromatic carbocycles. The summed E-state index contributed by atoms with van der Waals surface area (Å²) < 4.78 is 0.825. The molecule has 0 amide bonds. The van der Waals surface area contributed by atoms with Gasteiger partial charge in [0.25, 0.3) is 0 Å². The molecule has 1 aromatic heterocycles. The van der Waals surface area contributed by atoms with Crippen molar-refractivity contribution < 1.29 is 0 Å². The standard InChI is InChI=1S/C11H9BrClN3/c12-8-3-1-2-7(10(8)13)11(14)9-6-15-4-5-16-9/h1-6,11H,14H2. The van der Waals surface area contributed by atoms with Gasteiger partial charge in [0.1, 0.15) is 0 Å². The molecule has 16 heavy (non-hydrogen) atoms. The summed E-state index contributed by atoms with van der Waals surface area (Å²) in [5.74, 6) is 0. The summed E-state index contributed by atoms with van der Waals surface area (Å²) in [7, 11) is 0. The molecule has 2 rings (SSSR count). The molecule has 0 saturated heterocycles. The van der Waals surface area contributed by atoms with Crippen LogP contribution in [0.4, 0.5) is 0 Å². The van der Waals surface area contributed by atoms with Crippen molar-refractivity contribution in [2.24, 2.45) is 5.73 Å². The molecule has 1 atom stereocenters. The molecule has 0 spiro atoms. The minimum Gasteiger partial charge on any atom is -0.319 e. The van der Waals surface area contributed by atoms with E-state index in [4.69, 9.17) is 17.3 Å². The van der Waals surface area contributed by atoms with Gasteiger partial charge in [-0.3, -0.25) is 9.97 Å². The Morgan fingerprint density at radius 2 is 2.12 bits per heavy atom. The Bertz CT molecular complexity index is 490. The van der Waals surface area contributed by atoms with Crippen LogP contribution < -0.4 is 5.73 Å². The molecule has 0 aliphatic heterocycles. The first kappa shape index (κ1) is 11.5. The van der Waals surface area contributed by atoms with Gasteiger partial charge in [-0.05, 0) is 27.6 Å². The monoisotopic (exact) mass is 297 g/mol.